The molecule has 0 aromatic carbocycles. The number of aromatic nitrogens is 3. The van der Waals surface area contributed by atoms with Crippen molar-refractivity contribution in [2.24, 2.45) is 5.92 Å². The van der Waals surface area contributed by atoms with Crippen LogP contribution in [0.2, 0.25) is 0 Å². The van der Waals surface area contributed by atoms with Crippen LogP contribution < -0.4 is 4.90 Å². The average Bonchev–Trinajstić information content (AvgIpc) is 2.91. The normalized spacial score (nSPS) is 19.6. The second-order valence-electron chi connectivity index (χ2n) is 4.84. The molecule has 1 atom stereocenters. The predicted octanol–water partition coefficient (Wildman–Crippen LogP) is 1.21. The molecule has 0 bridgehead atoms. The number of rotatable bonds is 3. The Morgan fingerprint density at radius 1 is 1.48 bits per heavy atom. The number of carbonyl (C=O) groups excluding carboxylic acids is 1. The molecule has 0 saturated carbocycles. The summed E-state index contributed by atoms with van der Waals surface area (Å²) < 4.78 is 35.1. The zero-order valence-electron chi connectivity index (χ0n) is 10.6. The number of nitrogens with zero attached hydrogens (tertiary/aromatic N) is 3. The number of hydrogen-bond acceptors (Lipinski definition) is 5. The molecule has 2 aromatic rings. The summed E-state index contributed by atoms with van der Waals surface area (Å²) in [6.45, 7) is 0.134. The highest BCUT2D eigenvalue weighted by molar-refractivity contribution is 14.1. The van der Waals surface area contributed by atoms with Gasteiger partial charge < -0.3 is 4.98 Å². The van der Waals surface area contributed by atoms with E-state index in [4.69, 9.17) is 0 Å². The van der Waals surface area contributed by atoms with E-state index < -0.39 is 21.9 Å². The Labute approximate surface area is 133 Å². The van der Waals surface area contributed by atoms with Crippen molar-refractivity contribution in [1.82, 2.24) is 15.0 Å². The maximum Gasteiger partial charge on any atom is 0.302 e. The van der Waals surface area contributed by atoms with Crippen LogP contribution in [-0.2, 0) is 15.0 Å². The van der Waals surface area contributed by atoms with Gasteiger partial charge in [0.25, 0.3) is 0 Å². The molecule has 1 aliphatic heterocycles. The Balaban J connectivity index is 1.96. The Morgan fingerprint density at radius 3 is 2.95 bits per heavy atom. The molecule has 2 aromatic heterocycles. The van der Waals surface area contributed by atoms with Gasteiger partial charge in [0.1, 0.15) is 17.8 Å². The summed E-state index contributed by atoms with van der Waals surface area (Å²) in [7, 11) is -4.60. The molecule has 112 valence electrons. The van der Waals surface area contributed by atoms with E-state index in [1.54, 1.807) is 6.20 Å². The number of fused-ring (bicyclic) bond motifs is 1. The third kappa shape index (κ3) is 2.86. The zero-order valence-corrected chi connectivity index (χ0v) is 13.6. The molecule has 1 fully saturated rings. The van der Waals surface area contributed by atoms with Crippen molar-refractivity contribution in [3.05, 3.63) is 16.1 Å². The first-order chi connectivity index (χ1) is 9.85. The summed E-state index contributed by atoms with van der Waals surface area (Å²) in [5.74, 6) is -1.04. The van der Waals surface area contributed by atoms with Crippen molar-refractivity contribution < 1.29 is 17.1 Å². The minimum atomic E-state index is -4.60. The standard InChI is InChI=1S/C11H10FIN4O3S/c12-21(19,20)4-6-1-8(18)17(3-6)11-9-7(13)2-14-10(9)15-5-16-11/h2,5-6H,1,3-4H2,(H,14,15,16). The van der Waals surface area contributed by atoms with E-state index in [9.17, 15) is 17.1 Å². The van der Waals surface area contributed by atoms with Crippen molar-refractivity contribution in [3.63, 3.8) is 0 Å². The van der Waals surface area contributed by atoms with Crippen LogP contribution in [0.4, 0.5) is 9.70 Å². The molecule has 1 N–H and O–H groups in total. The van der Waals surface area contributed by atoms with Gasteiger partial charge in [-0.3, -0.25) is 9.69 Å². The lowest BCUT2D eigenvalue weighted by molar-refractivity contribution is -0.117. The second-order valence-corrected chi connectivity index (χ2v) is 7.41. The number of nitrogens with one attached hydrogen (secondary N) is 1. The summed E-state index contributed by atoms with van der Waals surface area (Å²) in [5.41, 5.74) is 0.596. The van der Waals surface area contributed by atoms with Gasteiger partial charge >= 0.3 is 10.2 Å². The SMILES string of the molecule is O=C1CC(CS(=O)(=O)F)CN1c1ncnc2[nH]cc(I)c12. The van der Waals surface area contributed by atoms with Gasteiger partial charge in [-0.1, -0.05) is 0 Å². The van der Waals surface area contributed by atoms with E-state index in [1.165, 1.54) is 11.2 Å². The number of anilines is 1. The number of amides is 1. The van der Waals surface area contributed by atoms with Gasteiger partial charge in [-0.05, 0) is 22.6 Å². The van der Waals surface area contributed by atoms with E-state index >= 15 is 0 Å². The largest absolute Gasteiger partial charge is 0.345 e. The number of H-pyrrole nitrogens is 1. The molecule has 3 heterocycles. The Morgan fingerprint density at radius 2 is 2.24 bits per heavy atom. The monoisotopic (exact) mass is 424 g/mol. The van der Waals surface area contributed by atoms with Crippen molar-refractivity contribution >= 4 is 55.6 Å². The predicted molar refractivity (Wildman–Crippen MR) is 82.0 cm³/mol. The van der Waals surface area contributed by atoms with Crippen LogP contribution in [0, 0.1) is 9.49 Å². The Hall–Kier alpha value is -1.30. The molecule has 0 spiro atoms. The quantitative estimate of drug-likeness (QED) is 0.591. The fourth-order valence-corrected chi connectivity index (χ4v) is 3.93. The summed E-state index contributed by atoms with van der Waals surface area (Å²) in [5, 5.41) is 0.704. The van der Waals surface area contributed by atoms with Crippen molar-refractivity contribution in [2.45, 2.75) is 6.42 Å². The van der Waals surface area contributed by atoms with Gasteiger partial charge in [0.2, 0.25) is 5.91 Å². The maximum atomic E-state index is 12.8. The zero-order chi connectivity index (χ0) is 15.2. The van der Waals surface area contributed by atoms with Crippen LogP contribution >= 0.6 is 22.6 Å². The molecular formula is C11H10FIN4O3S. The van der Waals surface area contributed by atoms with E-state index in [1.807, 2.05) is 0 Å². The van der Waals surface area contributed by atoms with Crippen molar-refractivity contribution in [3.8, 4) is 0 Å². The van der Waals surface area contributed by atoms with Gasteiger partial charge in [0.05, 0.1) is 11.1 Å². The lowest BCUT2D eigenvalue weighted by Gasteiger charge is -2.16. The first-order valence-electron chi connectivity index (χ1n) is 6.05. The lowest BCUT2D eigenvalue weighted by atomic mass is 10.1. The average molecular weight is 424 g/mol. The Kier molecular flexibility index (Phi) is 3.59. The Bertz CT molecular complexity index is 822. The number of aromatic amines is 1. The topological polar surface area (TPSA) is 96.0 Å². The highest BCUT2D eigenvalue weighted by Gasteiger charge is 2.35. The van der Waals surface area contributed by atoms with E-state index in [0.29, 0.717) is 16.9 Å². The second kappa shape index (κ2) is 5.16. The number of hydrogen-bond donors (Lipinski definition) is 1. The van der Waals surface area contributed by atoms with Crippen LogP contribution in [0.15, 0.2) is 12.5 Å². The fourth-order valence-electron chi connectivity index (χ4n) is 2.49. The smallest absolute Gasteiger partial charge is 0.302 e. The number of carbonyl (C=O) groups is 1. The van der Waals surface area contributed by atoms with Gasteiger partial charge in [0.15, 0.2) is 0 Å². The molecule has 0 aliphatic carbocycles. The van der Waals surface area contributed by atoms with Crippen LogP contribution in [0.5, 0.6) is 0 Å². The first-order valence-corrected chi connectivity index (χ1v) is 8.68. The lowest BCUT2D eigenvalue weighted by Crippen LogP contribution is -2.26. The minimum Gasteiger partial charge on any atom is -0.345 e. The van der Waals surface area contributed by atoms with Gasteiger partial charge in [-0.15, -0.1) is 3.89 Å². The van der Waals surface area contributed by atoms with Crippen LogP contribution in [0.3, 0.4) is 0 Å². The van der Waals surface area contributed by atoms with E-state index in [-0.39, 0.29) is 18.9 Å². The molecule has 21 heavy (non-hydrogen) atoms. The summed E-state index contributed by atoms with van der Waals surface area (Å²) in [6, 6.07) is 0. The number of halogens is 2. The molecule has 7 nitrogen and oxygen atoms in total. The molecular weight excluding hydrogens is 414 g/mol. The van der Waals surface area contributed by atoms with Crippen molar-refractivity contribution in [1.29, 1.82) is 0 Å². The van der Waals surface area contributed by atoms with Crippen molar-refractivity contribution in [2.75, 3.05) is 17.2 Å². The minimum absolute atomic E-state index is 0.00432. The van der Waals surface area contributed by atoms with Gasteiger partial charge in [0, 0.05) is 28.7 Å². The highest BCUT2D eigenvalue weighted by Crippen LogP contribution is 2.32. The molecule has 1 aliphatic rings. The van der Waals surface area contributed by atoms with Crippen LogP contribution in [0.1, 0.15) is 6.42 Å². The summed E-state index contributed by atoms with van der Waals surface area (Å²) >= 11 is 2.09. The maximum absolute atomic E-state index is 12.8. The summed E-state index contributed by atoms with van der Waals surface area (Å²) in [6.07, 6.45) is 3.07. The van der Waals surface area contributed by atoms with Gasteiger partial charge in [-0.25, -0.2) is 9.97 Å². The van der Waals surface area contributed by atoms with E-state index in [0.717, 1.165) is 3.57 Å². The molecule has 0 radical (unpaired) electrons. The van der Waals surface area contributed by atoms with Gasteiger partial charge in [-0.2, -0.15) is 8.42 Å². The fraction of sp³-hybridized carbons (Fsp3) is 0.364. The molecule has 10 heteroatoms. The molecule has 1 amide bonds. The van der Waals surface area contributed by atoms with Crippen LogP contribution in [-0.4, -0.2) is 41.6 Å². The van der Waals surface area contributed by atoms with E-state index in [2.05, 4.69) is 37.5 Å². The van der Waals surface area contributed by atoms with Crippen LogP contribution in [0.25, 0.3) is 11.0 Å². The highest BCUT2D eigenvalue weighted by atomic mass is 127. The molecule has 1 unspecified atom stereocenters. The third-order valence-electron chi connectivity index (χ3n) is 3.30. The third-order valence-corrected chi connectivity index (χ3v) is 5.02. The molecule has 3 rings (SSSR count). The first kappa shape index (κ1) is 14.6. The molecule has 1 saturated heterocycles. The summed E-state index contributed by atoms with van der Waals surface area (Å²) in [4.78, 5) is 24.6.